The van der Waals surface area contributed by atoms with Crippen molar-refractivity contribution in [1.82, 2.24) is 5.32 Å². The fourth-order valence-electron chi connectivity index (χ4n) is 1.90. The summed E-state index contributed by atoms with van der Waals surface area (Å²) >= 11 is 0. The summed E-state index contributed by atoms with van der Waals surface area (Å²) in [4.78, 5) is 0.138. The summed E-state index contributed by atoms with van der Waals surface area (Å²) in [6, 6.07) is 6.68. The highest BCUT2D eigenvalue weighted by molar-refractivity contribution is 7.89. The molecule has 1 aliphatic heterocycles. The van der Waals surface area contributed by atoms with Crippen LogP contribution in [0.4, 0.5) is 5.69 Å². The molecule has 1 aliphatic rings. The van der Waals surface area contributed by atoms with E-state index in [0.717, 1.165) is 19.5 Å². The predicted molar refractivity (Wildman–Crippen MR) is 71.9 cm³/mol. The minimum absolute atomic E-state index is 0.138. The van der Waals surface area contributed by atoms with E-state index in [1.54, 1.807) is 18.2 Å². The van der Waals surface area contributed by atoms with Crippen LogP contribution in [0.15, 0.2) is 40.8 Å². The van der Waals surface area contributed by atoms with Crippen LogP contribution in [0, 0.1) is 0 Å². The molecule has 1 aromatic carbocycles. The molecule has 6 heteroatoms. The predicted octanol–water partition coefficient (Wildman–Crippen LogP) is 0.666. The third kappa shape index (κ3) is 3.32. The molecule has 0 spiro atoms. The van der Waals surface area contributed by atoms with Crippen molar-refractivity contribution in [3.8, 4) is 0 Å². The molecule has 0 aliphatic carbocycles. The summed E-state index contributed by atoms with van der Waals surface area (Å²) in [5, 5.41) is 11.5. The molecule has 1 aromatic rings. The van der Waals surface area contributed by atoms with Crippen LogP contribution in [0.1, 0.15) is 6.42 Å². The molecule has 18 heavy (non-hydrogen) atoms. The zero-order chi connectivity index (χ0) is 13.0. The maximum Gasteiger partial charge on any atom is 0.240 e. The van der Waals surface area contributed by atoms with Crippen molar-refractivity contribution in [3.05, 3.63) is 35.9 Å². The molecular weight excluding hydrogens is 250 g/mol. The van der Waals surface area contributed by atoms with Gasteiger partial charge in [-0.25, -0.2) is 13.6 Å². The van der Waals surface area contributed by atoms with Crippen molar-refractivity contribution < 1.29 is 8.42 Å². The van der Waals surface area contributed by atoms with E-state index in [2.05, 4.69) is 16.7 Å². The molecule has 5 nitrogen and oxygen atoms in total. The average Bonchev–Trinajstić information content (AvgIpc) is 2.37. The van der Waals surface area contributed by atoms with Crippen molar-refractivity contribution in [2.75, 3.05) is 25.0 Å². The molecule has 0 saturated heterocycles. The number of nitrogens with one attached hydrogen (secondary N) is 2. The summed E-state index contributed by atoms with van der Waals surface area (Å²) in [7, 11) is -3.68. The summed E-state index contributed by atoms with van der Waals surface area (Å²) in [5.74, 6) is 0. The first kappa shape index (κ1) is 13.1. The SMILES string of the molecule is NS(=O)(=O)c1ccccc1NCC1=CCNCC1. The van der Waals surface area contributed by atoms with Gasteiger partial charge in [-0.2, -0.15) is 0 Å². The van der Waals surface area contributed by atoms with Crippen LogP contribution in [0.3, 0.4) is 0 Å². The Morgan fingerprint density at radius 1 is 1.33 bits per heavy atom. The van der Waals surface area contributed by atoms with Gasteiger partial charge in [0.25, 0.3) is 0 Å². The van der Waals surface area contributed by atoms with Gasteiger partial charge in [0.1, 0.15) is 4.90 Å². The van der Waals surface area contributed by atoms with E-state index < -0.39 is 10.0 Å². The molecule has 0 atom stereocenters. The van der Waals surface area contributed by atoms with Crippen molar-refractivity contribution in [2.45, 2.75) is 11.3 Å². The molecule has 0 saturated carbocycles. The zero-order valence-electron chi connectivity index (χ0n) is 10.0. The second kappa shape index (κ2) is 5.51. The number of para-hydroxylation sites is 1. The maximum absolute atomic E-state index is 11.4. The summed E-state index contributed by atoms with van der Waals surface area (Å²) < 4.78 is 22.8. The normalized spacial score (nSPS) is 16.2. The topological polar surface area (TPSA) is 84.2 Å². The Morgan fingerprint density at radius 2 is 2.11 bits per heavy atom. The van der Waals surface area contributed by atoms with Gasteiger partial charge >= 0.3 is 0 Å². The number of hydrogen-bond donors (Lipinski definition) is 3. The Labute approximate surface area is 107 Å². The molecular formula is C12H17N3O2S. The van der Waals surface area contributed by atoms with Gasteiger partial charge in [-0.15, -0.1) is 0 Å². The summed E-state index contributed by atoms with van der Waals surface area (Å²) in [5.41, 5.74) is 1.83. The van der Waals surface area contributed by atoms with Gasteiger partial charge in [-0.3, -0.25) is 0 Å². The van der Waals surface area contributed by atoms with Crippen molar-refractivity contribution in [1.29, 1.82) is 0 Å². The first-order valence-electron chi connectivity index (χ1n) is 5.82. The fraction of sp³-hybridized carbons (Fsp3) is 0.333. The number of nitrogens with two attached hydrogens (primary N) is 1. The van der Waals surface area contributed by atoms with Crippen LogP contribution >= 0.6 is 0 Å². The number of anilines is 1. The van der Waals surface area contributed by atoms with Gasteiger partial charge in [-0.1, -0.05) is 23.8 Å². The van der Waals surface area contributed by atoms with Gasteiger partial charge in [0, 0.05) is 13.1 Å². The number of primary sulfonamides is 1. The van der Waals surface area contributed by atoms with E-state index in [9.17, 15) is 8.42 Å². The van der Waals surface area contributed by atoms with Gasteiger partial charge in [0.2, 0.25) is 10.0 Å². The highest BCUT2D eigenvalue weighted by Crippen LogP contribution is 2.19. The van der Waals surface area contributed by atoms with Gasteiger partial charge in [-0.05, 0) is 25.1 Å². The van der Waals surface area contributed by atoms with Crippen LogP contribution < -0.4 is 15.8 Å². The minimum Gasteiger partial charge on any atom is -0.380 e. The van der Waals surface area contributed by atoms with E-state index in [-0.39, 0.29) is 4.90 Å². The minimum atomic E-state index is -3.68. The molecule has 0 fully saturated rings. The Morgan fingerprint density at radius 3 is 2.78 bits per heavy atom. The number of sulfonamides is 1. The van der Waals surface area contributed by atoms with E-state index in [1.165, 1.54) is 11.6 Å². The lowest BCUT2D eigenvalue weighted by Gasteiger charge is -2.16. The first-order chi connectivity index (χ1) is 8.57. The molecule has 0 unspecified atom stereocenters. The lowest BCUT2D eigenvalue weighted by molar-refractivity contribution is 0.598. The Hall–Kier alpha value is -1.37. The third-order valence-electron chi connectivity index (χ3n) is 2.86. The van der Waals surface area contributed by atoms with Crippen molar-refractivity contribution in [3.63, 3.8) is 0 Å². The second-order valence-corrected chi connectivity index (χ2v) is 5.74. The van der Waals surface area contributed by atoms with Crippen LogP contribution in [0.5, 0.6) is 0 Å². The zero-order valence-corrected chi connectivity index (χ0v) is 10.8. The van der Waals surface area contributed by atoms with Gasteiger partial charge in [0.05, 0.1) is 5.69 Å². The number of hydrogen-bond acceptors (Lipinski definition) is 4. The standard InChI is InChI=1S/C12H17N3O2S/c13-18(16,17)12-4-2-1-3-11(12)15-9-10-5-7-14-8-6-10/h1-5,14-15H,6-9H2,(H2,13,16,17). The van der Waals surface area contributed by atoms with E-state index in [4.69, 9.17) is 5.14 Å². The summed E-state index contributed by atoms with van der Waals surface area (Å²) in [6.45, 7) is 2.48. The average molecular weight is 267 g/mol. The van der Waals surface area contributed by atoms with E-state index >= 15 is 0 Å². The second-order valence-electron chi connectivity index (χ2n) is 4.21. The molecule has 0 aromatic heterocycles. The van der Waals surface area contributed by atoms with Crippen LogP contribution in [0.2, 0.25) is 0 Å². The fourth-order valence-corrected chi connectivity index (χ4v) is 2.61. The largest absolute Gasteiger partial charge is 0.380 e. The van der Waals surface area contributed by atoms with E-state index in [0.29, 0.717) is 12.2 Å². The number of benzene rings is 1. The molecule has 4 N–H and O–H groups in total. The lowest BCUT2D eigenvalue weighted by Crippen LogP contribution is -2.23. The van der Waals surface area contributed by atoms with Crippen LogP contribution in [0.25, 0.3) is 0 Å². The van der Waals surface area contributed by atoms with Gasteiger partial charge < -0.3 is 10.6 Å². The Kier molecular flexibility index (Phi) is 4.00. The lowest BCUT2D eigenvalue weighted by atomic mass is 10.1. The van der Waals surface area contributed by atoms with Crippen molar-refractivity contribution >= 4 is 15.7 Å². The first-order valence-corrected chi connectivity index (χ1v) is 7.36. The summed E-state index contributed by atoms with van der Waals surface area (Å²) in [6.07, 6.45) is 3.10. The molecule has 0 amide bonds. The molecule has 0 bridgehead atoms. The highest BCUT2D eigenvalue weighted by atomic mass is 32.2. The Bertz CT molecular complexity index is 552. The quantitative estimate of drug-likeness (QED) is 0.700. The molecule has 1 heterocycles. The van der Waals surface area contributed by atoms with E-state index in [1.807, 2.05) is 0 Å². The highest BCUT2D eigenvalue weighted by Gasteiger charge is 2.13. The molecule has 0 radical (unpaired) electrons. The van der Waals surface area contributed by atoms with Crippen LogP contribution in [-0.2, 0) is 10.0 Å². The smallest absolute Gasteiger partial charge is 0.240 e. The maximum atomic E-state index is 11.4. The molecule has 2 rings (SSSR count). The van der Waals surface area contributed by atoms with Gasteiger partial charge in [0.15, 0.2) is 0 Å². The Balaban J connectivity index is 2.12. The molecule has 98 valence electrons. The number of rotatable bonds is 4. The third-order valence-corrected chi connectivity index (χ3v) is 3.83. The monoisotopic (exact) mass is 267 g/mol. The van der Waals surface area contributed by atoms with Crippen LogP contribution in [-0.4, -0.2) is 28.1 Å². The van der Waals surface area contributed by atoms with Crippen molar-refractivity contribution in [2.24, 2.45) is 5.14 Å².